The summed E-state index contributed by atoms with van der Waals surface area (Å²) in [4.78, 5) is 14.0. The Labute approximate surface area is 202 Å². The van der Waals surface area contributed by atoms with Crippen LogP contribution in [0.15, 0.2) is 54.7 Å². The zero-order valence-electron chi connectivity index (χ0n) is 19.3. The van der Waals surface area contributed by atoms with Crippen LogP contribution in [-0.4, -0.2) is 56.3 Å². The van der Waals surface area contributed by atoms with Crippen molar-refractivity contribution in [3.05, 3.63) is 71.7 Å². The average Bonchev–Trinajstić information content (AvgIpc) is 3.57. The molecular formula is C25H24N8O2. The lowest BCUT2D eigenvalue weighted by Gasteiger charge is -2.13. The minimum atomic E-state index is 0.143. The van der Waals surface area contributed by atoms with E-state index in [1.807, 2.05) is 48.7 Å². The molecular weight excluding hydrogens is 444 g/mol. The molecule has 1 aliphatic heterocycles. The standard InChI is InChI=1S/C25H24N8O2/c1-34-15-20-7-3-6-19(27-20)13-33-14-24(31-32-33)23-11-22(18-5-2-4-17(10-18)12-26)29-25(30-23)28-21-8-9-35-16-21/h2-7,10-11,14,21H,8-9,13,15-16H2,1H3,(H,28,29,30)/t21-/m0/s1. The maximum Gasteiger partial charge on any atom is 0.224 e. The lowest BCUT2D eigenvalue weighted by Crippen LogP contribution is -2.20. The molecule has 0 aliphatic carbocycles. The second-order valence-corrected chi connectivity index (χ2v) is 8.21. The number of nitrogens with zero attached hydrogens (tertiary/aromatic N) is 7. The first-order chi connectivity index (χ1) is 17.2. The fraction of sp³-hybridized carbons (Fsp3) is 0.280. The van der Waals surface area contributed by atoms with Crippen molar-refractivity contribution in [2.45, 2.75) is 25.6 Å². The van der Waals surface area contributed by atoms with Gasteiger partial charge >= 0.3 is 0 Å². The Morgan fingerprint density at radius 3 is 2.77 bits per heavy atom. The van der Waals surface area contributed by atoms with Crippen molar-refractivity contribution in [3.8, 4) is 28.7 Å². The van der Waals surface area contributed by atoms with Gasteiger partial charge in [-0.05, 0) is 36.8 Å². The molecule has 1 atom stereocenters. The second kappa shape index (κ2) is 10.4. The van der Waals surface area contributed by atoms with Gasteiger partial charge in [0.15, 0.2) is 0 Å². The molecule has 10 heteroatoms. The van der Waals surface area contributed by atoms with E-state index in [4.69, 9.17) is 19.4 Å². The number of benzene rings is 1. The number of hydrogen-bond acceptors (Lipinski definition) is 9. The van der Waals surface area contributed by atoms with Gasteiger partial charge in [-0.25, -0.2) is 14.6 Å². The number of hydrogen-bond donors (Lipinski definition) is 1. The van der Waals surface area contributed by atoms with Crippen LogP contribution in [0.25, 0.3) is 22.6 Å². The molecule has 4 aromatic rings. The summed E-state index contributed by atoms with van der Waals surface area (Å²) < 4.78 is 12.4. The third kappa shape index (κ3) is 5.48. The number of methoxy groups -OCH3 is 1. The molecule has 0 radical (unpaired) electrons. The van der Waals surface area contributed by atoms with Crippen LogP contribution in [0.4, 0.5) is 5.95 Å². The maximum absolute atomic E-state index is 9.31. The molecule has 3 aromatic heterocycles. The number of aromatic nitrogens is 6. The van der Waals surface area contributed by atoms with Gasteiger partial charge in [-0.3, -0.25) is 4.98 Å². The first kappa shape index (κ1) is 22.6. The van der Waals surface area contributed by atoms with Crippen LogP contribution in [0.1, 0.15) is 23.4 Å². The lowest BCUT2D eigenvalue weighted by atomic mass is 10.1. The predicted molar refractivity (Wildman–Crippen MR) is 128 cm³/mol. The van der Waals surface area contributed by atoms with Crippen molar-refractivity contribution in [1.82, 2.24) is 29.9 Å². The first-order valence-corrected chi connectivity index (χ1v) is 11.3. The molecule has 1 N–H and O–H groups in total. The second-order valence-electron chi connectivity index (χ2n) is 8.21. The van der Waals surface area contributed by atoms with Crippen molar-refractivity contribution < 1.29 is 9.47 Å². The molecule has 0 amide bonds. The van der Waals surface area contributed by atoms with Crippen LogP contribution >= 0.6 is 0 Å². The Hall–Kier alpha value is -4.20. The maximum atomic E-state index is 9.31. The number of nitriles is 1. The quantitative estimate of drug-likeness (QED) is 0.415. The van der Waals surface area contributed by atoms with E-state index >= 15 is 0 Å². The molecule has 0 spiro atoms. The van der Waals surface area contributed by atoms with Crippen LogP contribution < -0.4 is 5.32 Å². The summed E-state index contributed by atoms with van der Waals surface area (Å²) in [7, 11) is 1.65. The normalized spacial score (nSPS) is 15.1. The fourth-order valence-corrected chi connectivity index (χ4v) is 3.87. The smallest absolute Gasteiger partial charge is 0.224 e. The summed E-state index contributed by atoms with van der Waals surface area (Å²) in [6.07, 6.45) is 2.73. The van der Waals surface area contributed by atoms with Gasteiger partial charge in [0.1, 0.15) is 5.69 Å². The summed E-state index contributed by atoms with van der Waals surface area (Å²) in [6, 6.07) is 17.3. The van der Waals surface area contributed by atoms with Gasteiger partial charge in [-0.15, -0.1) is 5.10 Å². The minimum Gasteiger partial charge on any atom is -0.379 e. The molecule has 176 valence electrons. The minimum absolute atomic E-state index is 0.143. The van der Waals surface area contributed by atoms with Crippen LogP contribution in [0, 0.1) is 11.3 Å². The largest absolute Gasteiger partial charge is 0.379 e. The van der Waals surface area contributed by atoms with Crippen LogP contribution in [0.5, 0.6) is 0 Å². The molecule has 1 saturated heterocycles. The van der Waals surface area contributed by atoms with E-state index in [1.54, 1.807) is 17.9 Å². The molecule has 4 heterocycles. The van der Waals surface area contributed by atoms with Crippen molar-refractivity contribution in [2.75, 3.05) is 25.6 Å². The summed E-state index contributed by atoms with van der Waals surface area (Å²) in [5, 5.41) is 21.3. The van der Waals surface area contributed by atoms with Gasteiger partial charge in [0, 0.05) is 19.3 Å². The number of nitrogens with one attached hydrogen (secondary N) is 1. The van der Waals surface area contributed by atoms with E-state index in [-0.39, 0.29) is 6.04 Å². The number of anilines is 1. The Kier molecular flexibility index (Phi) is 6.70. The summed E-state index contributed by atoms with van der Waals surface area (Å²) in [5.74, 6) is 0.485. The highest BCUT2D eigenvalue weighted by Crippen LogP contribution is 2.25. The predicted octanol–water partition coefficient (Wildman–Crippen LogP) is 3.06. The first-order valence-electron chi connectivity index (χ1n) is 11.3. The Morgan fingerprint density at radius 1 is 1.09 bits per heavy atom. The SMILES string of the molecule is COCc1cccc(Cn2cc(-c3cc(-c4cccc(C#N)c4)nc(N[C@H]4CCOC4)n3)nn2)n1. The third-order valence-electron chi connectivity index (χ3n) is 5.56. The molecule has 1 fully saturated rings. The fourth-order valence-electron chi connectivity index (χ4n) is 3.87. The molecule has 35 heavy (non-hydrogen) atoms. The number of ether oxygens (including phenoxy) is 2. The topological polar surface area (TPSA) is 124 Å². The van der Waals surface area contributed by atoms with Crippen molar-refractivity contribution in [3.63, 3.8) is 0 Å². The van der Waals surface area contributed by atoms with Crippen LogP contribution in [0.3, 0.4) is 0 Å². The van der Waals surface area contributed by atoms with E-state index in [9.17, 15) is 5.26 Å². The molecule has 0 saturated carbocycles. The highest BCUT2D eigenvalue weighted by Gasteiger charge is 2.18. The van der Waals surface area contributed by atoms with E-state index in [0.29, 0.717) is 55.0 Å². The van der Waals surface area contributed by atoms with Gasteiger partial charge in [-0.2, -0.15) is 5.26 Å². The molecule has 0 bridgehead atoms. The van der Waals surface area contributed by atoms with E-state index < -0.39 is 0 Å². The summed E-state index contributed by atoms with van der Waals surface area (Å²) >= 11 is 0. The van der Waals surface area contributed by atoms with E-state index in [2.05, 4.69) is 26.7 Å². The van der Waals surface area contributed by atoms with E-state index in [1.165, 1.54) is 0 Å². The third-order valence-corrected chi connectivity index (χ3v) is 5.56. The Morgan fingerprint density at radius 2 is 1.94 bits per heavy atom. The zero-order valence-corrected chi connectivity index (χ0v) is 19.3. The van der Waals surface area contributed by atoms with Gasteiger partial charge in [0.25, 0.3) is 0 Å². The van der Waals surface area contributed by atoms with Crippen molar-refractivity contribution in [2.24, 2.45) is 0 Å². The average molecular weight is 469 g/mol. The number of pyridine rings is 1. The summed E-state index contributed by atoms with van der Waals surface area (Å²) in [6.45, 7) is 2.24. The monoisotopic (exact) mass is 468 g/mol. The van der Waals surface area contributed by atoms with Gasteiger partial charge in [-0.1, -0.05) is 23.4 Å². The molecule has 1 aromatic carbocycles. The van der Waals surface area contributed by atoms with Crippen molar-refractivity contribution in [1.29, 1.82) is 5.26 Å². The Bertz CT molecular complexity index is 1360. The molecule has 1 aliphatic rings. The molecule has 10 nitrogen and oxygen atoms in total. The highest BCUT2D eigenvalue weighted by molar-refractivity contribution is 5.68. The molecule has 0 unspecified atom stereocenters. The van der Waals surface area contributed by atoms with E-state index in [0.717, 1.165) is 23.4 Å². The zero-order chi connectivity index (χ0) is 24.0. The van der Waals surface area contributed by atoms with Crippen LogP contribution in [0.2, 0.25) is 0 Å². The van der Waals surface area contributed by atoms with Crippen LogP contribution in [-0.2, 0) is 22.6 Å². The van der Waals surface area contributed by atoms with Gasteiger partial charge in [0.2, 0.25) is 5.95 Å². The molecule has 5 rings (SSSR count). The highest BCUT2D eigenvalue weighted by atomic mass is 16.5. The van der Waals surface area contributed by atoms with Crippen molar-refractivity contribution >= 4 is 5.95 Å². The lowest BCUT2D eigenvalue weighted by molar-refractivity contribution is 0.181. The van der Waals surface area contributed by atoms with Gasteiger partial charge in [0.05, 0.1) is 66.4 Å². The number of rotatable bonds is 8. The Balaban J connectivity index is 1.46. The summed E-state index contributed by atoms with van der Waals surface area (Å²) in [5.41, 5.74) is 5.04. The van der Waals surface area contributed by atoms with Gasteiger partial charge < -0.3 is 14.8 Å².